The molecule has 8 heteroatoms. The van der Waals surface area contributed by atoms with Crippen LogP contribution in [0.5, 0.6) is 0 Å². The number of aromatic nitrogens is 4. The molecule has 2 heterocycles. The Morgan fingerprint density at radius 2 is 1.93 bits per heavy atom. The lowest BCUT2D eigenvalue weighted by molar-refractivity contribution is 0.0950. The van der Waals surface area contributed by atoms with E-state index in [-0.39, 0.29) is 5.91 Å². The van der Waals surface area contributed by atoms with Crippen LogP contribution in [0.15, 0.2) is 34.9 Å². The molecule has 6 nitrogen and oxygen atoms in total. The predicted octanol–water partition coefficient (Wildman–Crippen LogP) is 4.11. The Kier molecular flexibility index (Phi) is 6.01. The number of nitrogens with zero attached hydrogens (tertiary/aromatic N) is 4. The maximum atomic E-state index is 12.4. The number of amides is 1. The highest BCUT2D eigenvalue weighted by Gasteiger charge is 2.12. The molecule has 1 aromatic carbocycles. The largest absolute Gasteiger partial charge is 0.346 e. The Bertz CT molecular complexity index is 961. The molecule has 3 rings (SSSR count). The standard InChI is InChI=1S/C19H21BrClN5O/c1-4-25-17(16(20)9-23-25)10-22-19(27)15-7-5-14(6-8-15)11-26-13(3)18(21)12(2)24-26/h5-9H,4,10-11H2,1-3H3,(H,22,27). The van der Waals surface area contributed by atoms with Gasteiger partial charge in [-0.15, -0.1) is 0 Å². The predicted molar refractivity (Wildman–Crippen MR) is 109 cm³/mol. The molecule has 1 amide bonds. The molecule has 3 aromatic rings. The average molecular weight is 451 g/mol. The van der Waals surface area contributed by atoms with Gasteiger partial charge in [0.15, 0.2) is 0 Å². The molecule has 0 atom stereocenters. The summed E-state index contributed by atoms with van der Waals surface area (Å²) in [4.78, 5) is 12.4. The summed E-state index contributed by atoms with van der Waals surface area (Å²) in [6.45, 7) is 7.63. The van der Waals surface area contributed by atoms with Gasteiger partial charge < -0.3 is 5.32 Å². The van der Waals surface area contributed by atoms with Crippen molar-refractivity contribution in [2.45, 2.75) is 40.4 Å². The summed E-state index contributed by atoms with van der Waals surface area (Å²) in [6, 6.07) is 7.52. The van der Waals surface area contributed by atoms with Crippen LogP contribution in [0.2, 0.25) is 5.02 Å². The topological polar surface area (TPSA) is 64.7 Å². The lowest BCUT2D eigenvalue weighted by Gasteiger charge is -2.09. The maximum absolute atomic E-state index is 12.4. The summed E-state index contributed by atoms with van der Waals surface area (Å²) in [6.07, 6.45) is 1.74. The molecule has 0 aliphatic carbocycles. The van der Waals surface area contributed by atoms with Crippen LogP contribution in [-0.2, 0) is 19.6 Å². The third kappa shape index (κ3) is 4.25. The Labute approximate surface area is 171 Å². The highest BCUT2D eigenvalue weighted by atomic mass is 79.9. The number of hydrogen-bond acceptors (Lipinski definition) is 3. The first kappa shape index (κ1) is 19.6. The average Bonchev–Trinajstić information content (AvgIpc) is 3.14. The second-order valence-electron chi connectivity index (χ2n) is 6.28. The lowest BCUT2D eigenvalue weighted by Crippen LogP contribution is -2.24. The van der Waals surface area contributed by atoms with E-state index in [1.165, 1.54) is 0 Å². The van der Waals surface area contributed by atoms with Crippen molar-refractivity contribution in [3.05, 3.63) is 68.2 Å². The Balaban J connectivity index is 1.65. The number of aryl methyl sites for hydroxylation is 2. The number of rotatable bonds is 6. The van der Waals surface area contributed by atoms with Crippen molar-refractivity contribution in [2.24, 2.45) is 0 Å². The molecular weight excluding hydrogens is 430 g/mol. The number of carbonyl (C=O) groups is 1. The molecular formula is C19H21BrClN5O. The van der Waals surface area contributed by atoms with Gasteiger partial charge in [-0.25, -0.2) is 0 Å². The van der Waals surface area contributed by atoms with E-state index in [1.807, 2.05) is 54.4 Å². The maximum Gasteiger partial charge on any atom is 0.251 e. The SMILES string of the molecule is CCn1ncc(Br)c1CNC(=O)c1ccc(Cn2nc(C)c(Cl)c2C)cc1. The van der Waals surface area contributed by atoms with E-state index in [1.54, 1.807) is 6.20 Å². The first-order chi connectivity index (χ1) is 12.9. The molecule has 0 aliphatic heterocycles. The van der Waals surface area contributed by atoms with E-state index in [9.17, 15) is 4.79 Å². The minimum Gasteiger partial charge on any atom is -0.346 e. The van der Waals surface area contributed by atoms with Crippen LogP contribution < -0.4 is 5.32 Å². The summed E-state index contributed by atoms with van der Waals surface area (Å²) in [7, 11) is 0. The van der Waals surface area contributed by atoms with Crippen molar-refractivity contribution in [2.75, 3.05) is 0 Å². The van der Waals surface area contributed by atoms with Crippen molar-refractivity contribution >= 4 is 33.4 Å². The van der Waals surface area contributed by atoms with Crippen molar-refractivity contribution in [1.82, 2.24) is 24.9 Å². The molecule has 142 valence electrons. The molecule has 27 heavy (non-hydrogen) atoms. The van der Waals surface area contributed by atoms with Crippen LogP contribution >= 0.6 is 27.5 Å². The summed E-state index contributed by atoms with van der Waals surface area (Å²) >= 11 is 9.66. The van der Waals surface area contributed by atoms with Gasteiger partial charge in [-0.2, -0.15) is 10.2 Å². The van der Waals surface area contributed by atoms with Crippen LogP contribution in [0.3, 0.4) is 0 Å². The van der Waals surface area contributed by atoms with Gasteiger partial charge >= 0.3 is 0 Å². The first-order valence-electron chi connectivity index (χ1n) is 8.67. The van der Waals surface area contributed by atoms with Gasteiger partial charge in [0, 0.05) is 12.1 Å². The van der Waals surface area contributed by atoms with E-state index < -0.39 is 0 Å². The van der Waals surface area contributed by atoms with Crippen LogP contribution in [-0.4, -0.2) is 25.5 Å². The molecule has 0 radical (unpaired) electrons. The Morgan fingerprint density at radius 3 is 2.52 bits per heavy atom. The molecule has 0 unspecified atom stereocenters. The molecule has 0 fully saturated rings. The fourth-order valence-corrected chi connectivity index (χ4v) is 3.44. The fraction of sp³-hybridized carbons (Fsp3) is 0.316. The van der Waals surface area contributed by atoms with E-state index in [0.29, 0.717) is 23.7 Å². The molecule has 1 N–H and O–H groups in total. The first-order valence-corrected chi connectivity index (χ1v) is 9.84. The van der Waals surface area contributed by atoms with E-state index in [2.05, 4.69) is 31.4 Å². The molecule has 0 bridgehead atoms. The fourth-order valence-electron chi connectivity index (χ4n) is 2.87. The van der Waals surface area contributed by atoms with Crippen LogP contribution in [0, 0.1) is 13.8 Å². The number of nitrogens with one attached hydrogen (secondary N) is 1. The third-order valence-corrected chi connectivity index (χ3v) is 5.66. The van der Waals surface area contributed by atoms with Crippen LogP contribution in [0.4, 0.5) is 0 Å². The van der Waals surface area contributed by atoms with Gasteiger partial charge in [0.05, 0.1) is 45.9 Å². The second-order valence-corrected chi connectivity index (χ2v) is 7.51. The van der Waals surface area contributed by atoms with Gasteiger partial charge in [-0.3, -0.25) is 14.2 Å². The Hall–Kier alpha value is -2.12. The summed E-state index contributed by atoms with van der Waals surface area (Å²) in [5, 5.41) is 12.3. The molecule has 0 spiro atoms. The van der Waals surface area contributed by atoms with Gasteiger partial charge in [-0.05, 0) is 54.4 Å². The number of carbonyl (C=O) groups excluding carboxylic acids is 1. The number of hydrogen-bond donors (Lipinski definition) is 1. The molecule has 0 saturated carbocycles. The smallest absolute Gasteiger partial charge is 0.251 e. The second kappa shape index (κ2) is 8.27. The normalized spacial score (nSPS) is 11.0. The van der Waals surface area contributed by atoms with E-state index in [0.717, 1.165) is 33.7 Å². The minimum atomic E-state index is -0.119. The van der Waals surface area contributed by atoms with Gasteiger partial charge in [0.25, 0.3) is 5.91 Å². The zero-order valence-electron chi connectivity index (χ0n) is 15.5. The molecule has 2 aromatic heterocycles. The lowest BCUT2D eigenvalue weighted by atomic mass is 10.1. The van der Waals surface area contributed by atoms with Crippen molar-refractivity contribution in [1.29, 1.82) is 0 Å². The highest BCUT2D eigenvalue weighted by molar-refractivity contribution is 9.10. The van der Waals surface area contributed by atoms with E-state index >= 15 is 0 Å². The zero-order chi connectivity index (χ0) is 19.6. The third-order valence-electron chi connectivity index (χ3n) is 4.46. The Morgan fingerprint density at radius 1 is 1.22 bits per heavy atom. The summed E-state index contributed by atoms with van der Waals surface area (Å²) in [5.74, 6) is -0.119. The minimum absolute atomic E-state index is 0.119. The summed E-state index contributed by atoms with van der Waals surface area (Å²) < 4.78 is 4.62. The summed E-state index contributed by atoms with van der Waals surface area (Å²) in [5.41, 5.74) is 4.38. The quantitative estimate of drug-likeness (QED) is 0.614. The van der Waals surface area contributed by atoms with Crippen molar-refractivity contribution < 1.29 is 4.79 Å². The van der Waals surface area contributed by atoms with Crippen molar-refractivity contribution in [3.8, 4) is 0 Å². The molecule has 0 aliphatic rings. The van der Waals surface area contributed by atoms with Crippen molar-refractivity contribution in [3.63, 3.8) is 0 Å². The van der Waals surface area contributed by atoms with E-state index in [4.69, 9.17) is 11.6 Å². The zero-order valence-corrected chi connectivity index (χ0v) is 17.8. The van der Waals surface area contributed by atoms with Gasteiger partial charge in [-0.1, -0.05) is 23.7 Å². The molecule has 0 saturated heterocycles. The van der Waals surface area contributed by atoms with Crippen LogP contribution in [0.25, 0.3) is 0 Å². The van der Waals surface area contributed by atoms with Crippen LogP contribution in [0.1, 0.15) is 39.9 Å². The highest BCUT2D eigenvalue weighted by Crippen LogP contribution is 2.20. The van der Waals surface area contributed by atoms with Gasteiger partial charge in [0.1, 0.15) is 0 Å². The monoisotopic (exact) mass is 449 g/mol. The number of benzene rings is 1. The van der Waals surface area contributed by atoms with Gasteiger partial charge in [0.2, 0.25) is 0 Å². The number of halogens is 2.